The van der Waals surface area contributed by atoms with Gasteiger partial charge in [0.2, 0.25) is 5.88 Å². The normalized spacial score (nSPS) is 10.3. The average molecular weight is 481 g/mol. The van der Waals surface area contributed by atoms with Crippen LogP contribution in [0.2, 0.25) is 15.1 Å². The average Bonchev–Trinajstić information content (AvgIpc) is 2.73. The number of hydrogen-bond donors (Lipinski definition) is 2. The van der Waals surface area contributed by atoms with Gasteiger partial charge in [-0.3, -0.25) is 10.1 Å². The summed E-state index contributed by atoms with van der Waals surface area (Å²) in [6.07, 6.45) is 1.39. The van der Waals surface area contributed by atoms with Crippen LogP contribution in [0.1, 0.15) is 15.9 Å². The van der Waals surface area contributed by atoms with Crippen LogP contribution in [0.5, 0.6) is 11.6 Å². The Morgan fingerprint density at radius 3 is 2.52 bits per heavy atom. The molecule has 2 aromatic carbocycles. The molecule has 160 valence electrons. The molecular weight excluding hydrogens is 465 g/mol. The van der Waals surface area contributed by atoms with Crippen molar-refractivity contribution < 1.29 is 19.1 Å². The maximum atomic E-state index is 12.4. The summed E-state index contributed by atoms with van der Waals surface area (Å²) in [6.45, 7) is 0.199. The number of methoxy groups -OCH3 is 1. The van der Waals surface area contributed by atoms with E-state index in [1.165, 1.54) is 19.4 Å². The molecule has 0 unspecified atom stereocenters. The third-order valence-corrected chi connectivity index (χ3v) is 4.94. The van der Waals surface area contributed by atoms with E-state index in [0.29, 0.717) is 21.6 Å². The molecule has 31 heavy (non-hydrogen) atoms. The maximum absolute atomic E-state index is 12.4. The minimum Gasteiger partial charge on any atom is -0.496 e. The first-order chi connectivity index (χ1) is 14.9. The van der Waals surface area contributed by atoms with E-state index in [9.17, 15) is 9.59 Å². The maximum Gasteiger partial charge on any atom is 0.326 e. The van der Waals surface area contributed by atoms with Gasteiger partial charge in [-0.05, 0) is 30.3 Å². The van der Waals surface area contributed by atoms with E-state index in [1.54, 1.807) is 42.5 Å². The molecule has 3 rings (SSSR count). The van der Waals surface area contributed by atoms with Crippen LogP contribution in [0.4, 0.5) is 10.5 Å². The van der Waals surface area contributed by atoms with Crippen molar-refractivity contribution in [2.75, 3.05) is 12.4 Å². The van der Waals surface area contributed by atoms with Crippen molar-refractivity contribution in [3.05, 3.63) is 80.9 Å². The second-order valence-corrected chi connectivity index (χ2v) is 7.39. The van der Waals surface area contributed by atoms with Gasteiger partial charge in [0.15, 0.2) is 0 Å². The van der Waals surface area contributed by atoms with Gasteiger partial charge in [-0.25, -0.2) is 9.78 Å². The second-order valence-electron chi connectivity index (χ2n) is 6.13. The fourth-order valence-electron chi connectivity index (χ4n) is 2.55. The summed E-state index contributed by atoms with van der Waals surface area (Å²) in [4.78, 5) is 28.6. The third-order valence-electron chi connectivity index (χ3n) is 4.03. The molecule has 0 saturated carbocycles. The zero-order valence-corrected chi connectivity index (χ0v) is 18.4. The van der Waals surface area contributed by atoms with Crippen molar-refractivity contribution in [2.45, 2.75) is 6.61 Å². The van der Waals surface area contributed by atoms with E-state index in [2.05, 4.69) is 15.6 Å². The Balaban J connectivity index is 1.57. The number of urea groups is 1. The smallest absolute Gasteiger partial charge is 0.326 e. The zero-order chi connectivity index (χ0) is 22.4. The Labute approximate surface area is 193 Å². The lowest BCUT2D eigenvalue weighted by atomic mass is 10.2. The van der Waals surface area contributed by atoms with Gasteiger partial charge in [-0.15, -0.1) is 0 Å². The van der Waals surface area contributed by atoms with E-state index in [4.69, 9.17) is 44.3 Å². The summed E-state index contributed by atoms with van der Waals surface area (Å²) >= 11 is 18.0. The van der Waals surface area contributed by atoms with Gasteiger partial charge in [-0.1, -0.05) is 46.9 Å². The highest BCUT2D eigenvalue weighted by Crippen LogP contribution is 2.26. The number of carbonyl (C=O) groups excluding carboxylic acids is 2. The third kappa shape index (κ3) is 6.01. The predicted octanol–water partition coefficient (Wildman–Crippen LogP) is 5.59. The standard InChI is InChI=1S/C21H16Cl3N3O4/c1-30-17-4-2-3-15(23)19(17)20(28)27-21(29)26-14-7-8-18(25-10-14)31-11-12-5-6-13(22)9-16(12)24/h2-10H,11H2,1H3,(H2,26,27,28,29). The molecule has 0 saturated heterocycles. The number of benzene rings is 2. The van der Waals surface area contributed by atoms with Crippen LogP contribution < -0.4 is 20.1 Å². The minimum atomic E-state index is -0.754. The number of nitrogens with one attached hydrogen (secondary N) is 2. The Kier molecular flexibility index (Phi) is 7.57. The Bertz CT molecular complexity index is 1110. The van der Waals surface area contributed by atoms with E-state index < -0.39 is 11.9 Å². The predicted molar refractivity (Wildman–Crippen MR) is 120 cm³/mol. The SMILES string of the molecule is COc1cccc(Cl)c1C(=O)NC(=O)Nc1ccc(OCc2ccc(Cl)cc2Cl)nc1. The lowest BCUT2D eigenvalue weighted by Crippen LogP contribution is -2.34. The van der Waals surface area contributed by atoms with Crippen molar-refractivity contribution >= 4 is 52.4 Å². The largest absolute Gasteiger partial charge is 0.496 e. The molecule has 2 N–H and O–H groups in total. The molecule has 10 heteroatoms. The van der Waals surface area contributed by atoms with Crippen molar-refractivity contribution in [1.82, 2.24) is 10.3 Å². The van der Waals surface area contributed by atoms with Gasteiger partial charge in [0, 0.05) is 21.7 Å². The van der Waals surface area contributed by atoms with E-state index in [-0.39, 0.29) is 22.9 Å². The number of imide groups is 1. The number of rotatable bonds is 6. The molecule has 1 aromatic heterocycles. The van der Waals surface area contributed by atoms with Gasteiger partial charge < -0.3 is 14.8 Å². The van der Waals surface area contributed by atoms with Crippen molar-refractivity contribution in [3.63, 3.8) is 0 Å². The molecule has 3 aromatic rings. The van der Waals surface area contributed by atoms with Crippen LogP contribution in [0.15, 0.2) is 54.7 Å². The molecule has 0 atom stereocenters. The second kappa shape index (κ2) is 10.3. The lowest BCUT2D eigenvalue weighted by Gasteiger charge is -2.11. The molecule has 0 fully saturated rings. The number of hydrogen-bond acceptors (Lipinski definition) is 5. The molecule has 0 aliphatic heterocycles. The first-order valence-electron chi connectivity index (χ1n) is 8.85. The summed E-state index contributed by atoms with van der Waals surface area (Å²) < 4.78 is 10.7. The van der Waals surface area contributed by atoms with Gasteiger partial charge in [0.25, 0.3) is 5.91 Å². The Hall–Kier alpha value is -3.00. The number of anilines is 1. The summed E-state index contributed by atoms with van der Waals surface area (Å²) in [5, 5.41) is 5.88. The number of pyridine rings is 1. The summed E-state index contributed by atoms with van der Waals surface area (Å²) in [6, 6.07) is 12.2. The monoisotopic (exact) mass is 479 g/mol. The van der Waals surface area contributed by atoms with Crippen molar-refractivity contribution in [1.29, 1.82) is 0 Å². The van der Waals surface area contributed by atoms with E-state index in [0.717, 1.165) is 5.56 Å². The Morgan fingerprint density at radius 2 is 1.84 bits per heavy atom. The number of amides is 3. The molecule has 1 heterocycles. The summed E-state index contributed by atoms with van der Waals surface area (Å²) in [7, 11) is 1.40. The first-order valence-corrected chi connectivity index (χ1v) is 9.98. The molecule has 0 bridgehead atoms. The van der Waals surface area contributed by atoms with Crippen molar-refractivity contribution in [2.24, 2.45) is 0 Å². The zero-order valence-electron chi connectivity index (χ0n) is 16.1. The van der Waals surface area contributed by atoms with Crippen LogP contribution in [0, 0.1) is 0 Å². The van der Waals surface area contributed by atoms with Crippen LogP contribution in [-0.2, 0) is 6.61 Å². The van der Waals surface area contributed by atoms with Crippen LogP contribution >= 0.6 is 34.8 Å². The molecule has 0 radical (unpaired) electrons. The van der Waals surface area contributed by atoms with Crippen LogP contribution in [0.3, 0.4) is 0 Å². The molecule has 7 nitrogen and oxygen atoms in total. The molecule has 0 spiro atoms. The number of nitrogens with zero attached hydrogens (tertiary/aromatic N) is 1. The summed E-state index contributed by atoms with van der Waals surface area (Å²) in [5.74, 6) is -0.122. The number of ether oxygens (including phenoxy) is 2. The highest BCUT2D eigenvalue weighted by molar-refractivity contribution is 6.35. The molecule has 0 aliphatic carbocycles. The highest BCUT2D eigenvalue weighted by atomic mass is 35.5. The Morgan fingerprint density at radius 1 is 1.03 bits per heavy atom. The van der Waals surface area contributed by atoms with E-state index in [1.807, 2.05) is 0 Å². The number of aromatic nitrogens is 1. The quantitative estimate of drug-likeness (QED) is 0.480. The topological polar surface area (TPSA) is 89.5 Å². The van der Waals surface area contributed by atoms with Gasteiger partial charge in [0.1, 0.15) is 17.9 Å². The van der Waals surface area contributed by atoms with Gasteiger partial charge >= 0.3 is 6.03 Å². The molecule has 3 amide bonds. The lowest BCUT2D eigenvalue weighted by molar-refractivity contribution is 0.0964. The number of carbonyl (C=O) groups is 2. The number of halogens is 3. The summed E-state index contributed by atoms with van der Waals surface area (Å²) in [5.41, 5.74) is 1.17. The first kappa shape index (κ1) is 22.7. The highest BCUT2D eigenvalue weighted by Gasteiger charge is 2.18. The molecular formula is C21H16Cl3N3O4. The molecule has 0 aliphatic rings. The van der Waals surface area contributed by atoms with E-state index >= 15 is 0 Å². The van der Waals surface area contributed by atoms with Gasteiger partial charge in [0.05, 0.1) is 24.0 Å². The van der Waals surface area contributed by atoms with Gasteiger partial charge in [-0.2, -0.15) is 0 Å². The fourth-order valence-corrected chi connectivity index (χ4v) is 3.27. The van der Waals surface area contributed by atoms with Crippen LogP contribution in [-0.4, -0.2) is 24.0 Å². The fraction of sp³-hybridized carbons (Fsp3) is 0.0952. The van der Waals surface area contributed by atoms with Crippen molar-refractivity contribution in [3.8, 4) is 11.6 Å². The van der Waals surface area contributed by atoms with Crippen LogP contribution in [0.25, 0.3) is 0 Å². The minimum absolute atomic E-state index is 0.0598.